The smallest absolute Gasteiger partial charge is 0.414 e. The average Bonchev–Trinajstić information content (AvgIpc) is 2.13. The Hall–Kier alpha value is -0.980. The first-order chi connectivity index (χ1) is 8.08. The number of halogens is 3. The molecule has 18 heavy (non-hydrogen) atoms. The standard InChI is InChI=1S/C11H18F3NO3/c1-10(2,3)18-9(16)15-7-4-5-8(17-6-7)11(12,13)14/h7-8H,4-6H2,1-3H3,(H,15,16). The van der Waals surface area contributed by atoms with E-state index in [-0.39, 0.29) is 19.4 Å². The van der Waals surface area contributed by atoms with E-state index in [1.807, 2.05) is 0 Å². The molecule has 106 valence electrons. The van der Waals surface area contributed by atoms with E-state index in [4.69, 9.17) is 9.47 Å². The molecular formula is C11H18F3NO3. The van der Waals surface area contributed by atoms with Crippen LogP contribution in [0.4, 0.5) is 18.0 Å². The highest BCUT2D eigenvalue weighted by atomic mass is 19.4. The maximum absolute atomic E-state index is 12.3. The van der Waals surface area contributed by atoms with Crippen LogP contribution in [0.15, 0.2) is 0 Å². The second-order valence-corrected chi connectivity index (χ2v) is 5.28. The van der Waals surface area contributed by atoms with Crippen molar-refractivity contribution in [2.75, 3.05) is 6.61 Å². The molecule has 2 unspecified atom stereocenters. The summed E-state index contributed by atoms with van der Waals surface area (Å²) in [6.45, 7) is 4.99. The van der Waals surface area contributed by atoms with Crippen LogP contribution in [0.5, 0.6) is 0 Å². The van der Waals surface area contributed by atoms with Crippen LogP contribution >= 0.6 is 0 Å². The zero-order valence-electron chi connectivity index (χ0n) is 10.6. The first kappa shape index (κ1) is 15.1. The number of carbonyl (C=O) groups excluding carboxylic acids is 1. The molecular weight excluding hydrogens is 251 g/mol. The Balaban J connectivity index is 2.34. The van der Waals surface area contributed by atoms with Crippen molar-refractivity contribution in [3.8, 4) is 0 Å². The van der Waals surface area contributed by atoms with Crippen molar-refractivity contribution in [3.05, 3.63) is 0 Å². The van der Waals surface area contributed by atoms with Gasteiger partial charge >= 0.3 is 12.3 Å². The lowest BCUT2D eigenvalue weighted by molar-refractivity contribution is -0.232. The molecule has 1 rings (SSSR count). The Labute approximate surface area is 104 Å². The third kappa shape index (κ3) is 5.12. The summed E-state index contributed by atoms with van der Waals surface area (Å²) in [7, 11) is 0. The molecule has 1 fully saturated rings. The minimum absolute atomic E-state index is 0.149. The summed E-state index contributed by atoms with van der Waals surface area (Å²) in [4.78, 5) is 11.4. The minimum atomic E-state index is -4.34. The lowest BCUT2D eigenvalue weighted by atomic mass is 10.1. The molecule has 7 heteroatoms. The molecule has 0 bridgehead atoms. The molecule has 2 atom stereocenters. The molecule has 0 aliphatic carbocycles. The summed E-state index contributed by atoms with van der Waals surface area (Å²) in [5, 5.41) is 2.49. The Morgan fingerprint density at radius 3 is 2.28 bits per heavy atom. The normalized spacial score (nSPS) is 25.7. The molecule has 4 nitrogen and oxygen atoms in total. The van der Waals surface area contributed by atoms with Gasteiger partial charge in [-0.1, -0.05) is 0 Å². The van der Waals surface area contributed by atoms with Crippen molar-refractivity contribution in [2.45, 2.75) is 57.5 Å². The molecule has 0 aromatic carbocycles. The van der Waals surface area contributed by atoms with Crippen molar-refractivity contribution in [1.29, 1.82) is 0 Å². The fourth-order valence-corrected chi connectivity index (χ4v) is 1.60. The Morgan fingerprint density at radius 2 is 1.89 bits per heavy atom. The number of hydrogen-bond acceptors (Lipinski definition) is 3. The lowest BCUT2D eigenvalue weighted by Gasteiger charge is -2.31. The zero-order valence-corrected chi connectivity index (χ0v) is 10.6. The molecule has 1 amide bonds. The maximum Gasteiger partial charge on any atom is 0.414 e. The molecule has 1 saturated heterocycles. The van der Waals surface area contributed by atoms with Crippen molar-refractivity contribution >= 4 is 6.09 Å². The third-order valence-electron chi connectivity index (χ3n) is 2.36. The molecule has 0 radical (unpaired) electrons. The highest BCUT2D eigenvalue weighted by molar-refractivity contribution is 5.68. The summed E-state index contributed by atoms with van der Waals surface area (Å²) in [6.07, 6.45) is -6.62. The van der Waals surface area contributed by atoms with Crippen LogP contribution in [0.25, 0.3) is 0 Å². The highest BCUT2D eigenvalue weighted by Crippen LogP contribution is 2.29. The lowest BCUT2D eigenvalue weighted by Crippen LogP contribution is -2.47. The monoisotopic (exact) mass is 269 g/mol. The average molecular weight is 269 g/mol. The zero-order chi connectivity index (χ0) is 14.0. The van der Waals surface area contributed by atoms with E-state index in [0.717, 1.165) is 0 Å². The second-order valence-electron chi connectivity index (χ2n) is 5.28. The summed E-state index contributed by atoms with van der Waals surface area (Å²) in [5.41, 5.74) is -0.631. The second kappa shape index (κ2) is 5.34. The van der Waals surface area contributed by atoms with E-state index >= 15 is 0 Å². The number of rotatable bonds is 1. The van der Waals surface area contributed by atoms with Gasteiger partial charge in [0.05, 0.1) is 12.6 Å². The maximum atomic E-state index is 12.3. The summed E-state index contributed by atoms with van der Waals surface area (Å²) in [5.74, 6) is 0. The largest absolute Gasteiger partial charge is 0.444 e. The van der Waals surface area contributed by atoms with Gasteiger partial charge < -0.3 is 14.8 Å². The van der Waals surface area contributed by atoms with Gasteiger partial charge in [0, 0.05) is 0 Å². The van der Waals surface area contributed by atoms with Crippen LogP contribution in [-0.4, -0.2) is 36.6 Å². The molecule has 0 saturated carbocycles. The van der Waals surface area contributed by atoms with Gasteiger partial charge in [0.25, 0.3) is 0 Å². The molecule has 0 aromatic heterocycles. The van der Waals surface area contributed by atoms with Gasteiger partial charge in [-0.15, -0.1) is 0 Å². The minimum Gasteiger partial charge on any atom is -0.444 e. The van der Waals surface area contributed by atoms with Crippen molar-refractivity contribution in [3.63, 3.8) is 0 Å². The van der Waals surface area contributed by atoms with Crippen LogP contribution in [-0.2, 0) is 9.47 Å². The van der Waals surface area contributed by atoms with Crippen molar-refractivity contribution < 1.29 is 27.4 Å². The van der Waals surface area contributed by atoms with E-state index in [2.05, 4.69) is 5.32 Å². The number of carbonyl (C=O) groups is 1. The number of alkyl halides is 3. The number of hydrogen-bond donors (Lipinski definition) is 1. The molecule has 1 aliphatic rings. The Morgan fingerprint density at radius 1 is 1.28 bits per heavy atom. The van der Waals surface area contributed by atoms with Crippen LogP contribution in [0.1, 0.15) is 33.6 Å². The van der Waals surface area contributed by atoms with E-state index in [1.165, 1.54) is 0 Å². The predicted molar refractivity (Wildman–Crippen MR) is 58.2 cm³/mol. The Bertz CT molecular complexity index is 291. The quantitative estimate of drug-likeness (QED) is 0.796. The summed E-state index contributed by atoms with van der Waals surface area (Å²) < 4.78 is 46.6. The van der Waals surface area contributed by atoms with Crippen LogP contribution in [0.2, 0.25) is 0 Å². The van der Waals surface area contributed by atoms with Gasteiger partial charge in [0.2, 0.25) is 0 Å². The van der Waals surface area contributed by atoms with Crippen molar-refractivity contribution in [2.24, 2.45) is 0 Å². The molecule has 0 spiro atoms. The van der Waals surface area contributed by atoms with Crippen LogP contribution in [0.3, 0.4) is 0 Å². The molecule has 1 heterocycles. The number of nitrogens with one attached hydrogen (secondary N) is 1. The van der Waals surface area contributed by atoms with E-state index in [1.54, 1.807) is 20.8 Å². The third-order valence-corrected chi connectivity index (χ3v) is 2.36. The topological polar surface area (TPSA) is 47.6 Å². The molecule has 1 aliphatic heterocycles. The molecule has 1 N–H and O–H groups in total. The first-order valence-corrected chi connectivity index (χ1v) is 5.76. The number of ether oxygens (including phenoxy) is 2. The fourth-order valence-electron chi connectivity index (χ4n) is 1.60. The van der Waals surface area contributed by atoms with E-state index < -0.39 is 30.0 Å². The van der Waals surface area contributed by atoms with Gasteiger partial charge in [-0.25, -0.2) is 4.79 Å². The van der Waals surface area contributed by atoms with Crippen LogP contribution in [0, 0.1) is 0 Å². The van der Waals surface area contributed by atoms with Crippen molar-refractivity contribution in [1.82, 2.24) is 5.32 Å². The number of alkyl carbamates (subject to hydrolysis) is 1. The highest BCUT2D eigenvalue weighted by Gasteiger charge is 2.43. The fraction of sp³-hybridized carbons (Fsp3) is 0.909. The Kier molecular flexibility index (Phi) is 4.47. The van der Waals surface area contributed by atoms with Gasteiger partial charge in [-0.05, 0) is 33.6 Å². The van der Waals surface area contributed by atoms with Gasteiger partial charge in [-0.2, -0.15) is 13.2 Å². The number of amides is 1. The summed E-state index contributed by atoms with van der Waals surface area (Å²) in [6, 6.07) is -0.432. The van der Waals surface area contributed by atoms with Gasteiger partial charge in [-0.3, -0.25) is 0 Å². The predicted octanol–water partition coefficient (Wildman–Crippen LogP) is 2.62. The molecule has 0 aromatic rings. The van der Waals surface area contributed by atoms with Gasteiger partial charge in [0.15, 0.2) is 6.10 Å². The van der Waals surface area contributed by atoms with E-state index in [0.29, 0.717) is 0 Å². The van der Waals surface area contributed by atoms with Gasteiger partial charge in [0.1, 0.15) is 5.60 Å². The SMILES string of the molecule is CC(C)(C)OC(=O)NC1CCC(C(F)(F)F)OC1. The first-order valence-electron chi connectivity index (χ1n) is 5.76. The van der Waals surface area contributed by atoms with E-state index in [9.17, 15) is 18.0 Å². The summed E-state index contributed by atoms with van der Waals surface area (Å²) >= 11 is 0. The van der Waals surface area contributed by atoms with Crippen LogP contribution < -0.4 is 5.32 Å².